The molecule has 6 rings (SSSR count). The van der Waals surface area contributed by atoms with E-state index in [4.69, 9.17) is 12.6 Å². The number of aliphatic imine (C=N–C) groups is 1. The second-order valence-corrected chi connectivity index (χ2v) is 11.3. The number of nitrogens with zero attached hydrogens (tertiary/aromatic N) is 2. The molecule has 1 aliphatic heterocycles. The van der Waals surface area contributed by atoms with Crippen molar-refractivity contribution in [1.29, 1.82) is 0 Å². The molecule has 2 heterocycles. The van der Waals surface area contributed by atoms with Crippen LogP contribution in [0.4, 0.5) is 0 Å². The Morgan fingerprint density at radius 1 is 0.811 bits per heavy atom. The van der Waals surface area contributed by atoms with Gasteiger partial charge in [0.1, 0.15) is 17.3 Å². The molecule has 1 aliphatic carbocycles. The fourth-order valence-electron chi connectivity index (χ4n) is 4.89. The van der Waals surface area contributed by atoms with Gasteiger partial charge in [0.05, 0.1) is 6.10 Å². The molecule has 2 aliphatic rings. The first-order valence-electron chi connectivity index (χ1n) is 12.6. The smallest absolute Gasteiger partial charge is 0.616 e. The van der Waals surface area contributed by atoms with Gasteiger partial charge in [-0.3, -0.25) is 9.98 Å². The van der Waals surface area contributed by atoms with E-state index >= 15 is 0 Å². The minimum absolute atomic E-state index is 0.0658. The molecule has 0 fully saturated rings. The average Bonchev–Trinajstić information content (AvgIpc) is 2.96. The van der Waals surface area contributed by atoms with E-state index in [0.717, 1.165) is 37.8 Å². The summed E-state index contributed by atoms with van der Waals surface area (Å²) in [5.41, 5.74) is 6.57. The molecule has 0 bridgehead atoms. The van der Waals surface area contributed by atoms with Crippen LogP contribution in [-0.4, -0.2) is 38.2 Å². The van der Waals surface area contributed by atoms with Crippen LogP contribution in [0.1, 0.15) is 12.5 Å². The molecule has 0 amide bonds. The van der Waals surface area contributed by atoms with Gasteiger partial charge < -0.3 is 7.58 Å². The molecule has 0 N–H and O–H groups in total. The summed E-state index contributed by atoms with van der Waals surface area (Å²) in [7, 11) is 0. The zero-order chi connectivity index (χ0) is 25.2. The van der Waals surface area contributed by atoms with Crippen molar-refractivity contribution in [2.45, 2.75) is 26.0 Å². The number of dihydropyridines is 1. The maximum atomic E-state index is 6.94. The number of pyridine rings is 1. The summed E-state index contributed by atoms with van der Waals surface area (Å²) in [5.74, 6) is 0.794. The van der Waals surface area contributed by atoms with Crippen molar-refractivity contribution in [3.8, 4) is 16.9 Å². The first-order chi connectivity index (χ1) is 18.2. The highest BCUT2D eigenvalue weighted by Gasteiger charge is 2.40. The number of aryl methyl sites for hydroxylation is 1. The van der Waals surface area contributed by atoms with Gasteiger partial charge in [-0.2, -0.15) is 0 Å². The third kappa shape index (κ3) is 4.82. The second-order valence-electron chi connectivity index (χ2n) is 9.46. The zero-order valence-electron chi connectivity index (χ0n) is 20.9. The molecule has 2 atom stereocenters. The van der Waals surface area contributed by atoms with Crippen molar-refractivity contribution < 1.29 is 7.58 Å². The summed E-state index contributed by atoms with van der Waals surface area (Å²) in [5, 5.41) is 1.05. The predicted octanol–water partition coefficient (Wildman–Crippen LogP) is 6.27. The molecule has 4 aromatic rings. The van der Waals surface area contributed by atoms with Gasteiger partial charge in [0.25, 0.3) is 0 Å². The van der Waals surface area contributed by atoms with Crippen molar-refractivity contribution in [2.75, 3.05) is 0 Å². The van der Waals surface area contributed by atoms with Crippen molar-refractivity contribution in [3.63, 3.8) is 0 Å². The molecule has 5 heteroatoms. The molecule has 3 aromatic carbocycles. The molecule has 4 nitrogen and oxygen atoms in total. The summed E-state index contributed by atoms with van der Waals surface area (Å²) in [4.78, 5) is 9.43. The molecule has 0 spiro atoms. The Bertz CT molecular complexity index is 1560. The molecule has 2 unspecified atom stereocenters. The third-order valence-electron chi connectivity index (χ3n) is 6.95. The Labute approximate surface area is 222 Å². The Balaban J connectivity index is 1.39. The minimum Gasteiger partial charge on any atom is -0.616 e. The Morgan fingerprint density at radius 2 is 1.62 bits per heavy atom. The number of benzene rings is 3. The lowest BCUT2D eigenvalue weighted by Gasteiger charge is -2.33. The molecular formula is C32H27AlN2O2. The maximum Gasteiger partial charge on any atom is 0.809 e. The van der Waals surface area contributed by atoms with E-state index in [1.807, 2.05) is 30.6 Å². The van der Waals surface area contributed by atoms with Gasteiger partial charge in [-0.15, -0.1) is 0 Å². The lowest BCUT2D eigenvalue weighted by molar-refractivity contribution is 0.191. The van der Waals surface area contributed by atoms with Crippen LogP contribution in [0.15, 0.2) is 126 Å². The van der Waals surface area contributed by atoms with Crippen LogP contribution in [0.2, 0.25) is 0 Å². The summed E-state index contributed by atoms with van der Waals surface area (Å²) in [6, 6.07) is 27.1. The summed E-state index contributed by atoms with van der Waals surface area (Å²) < 4.78 is 14.9. The zero-order valence-corrected chi connectivity index (χ0v) is 22.1. The average molecular weight is 499 g/mol. The van der Waals surface area contributed by atoms with Crippen LogP contribution in [0.5, 0.6) is 5.75 Å². The minimum atomic E-state index is -2.45. The largest absolute Gasteiger partial charge is 0.809 e. The summed E-state index contributed by atoms with van der Waals surface area (Å²) >= 11 is -2.45. The Kier molecular flexibility index (Phi) is 6.59. The van der Waals surface area contributed by atoms with E-state index in [9.17, 15) is 0 Å². The fraction of sp³-hybridized carbons (Fsp3) is 0.125. The standard InChI is InChI=1S/C12H9.C10H10NO.C10H9NO.Al/c1-3-7-11(8-4-1)12-9-5-2-6-10-12;2*1-7-4-5-8-3-2-6-11-9(8)10(7)12;/h1,3-10H;2-6,9-10H,1H3;2-6,12H,1H3;/q;-1;;+2/p-1. The van der Waals surface area contributed by atoms with E-state index in [1.165, 1.54) is 11.1 Å². The molecule has 0 saturated heterocycles. The fourth-order valence-corrected chi connectivity index (χ4v) is 6.88. The van der Waals surface area contributed by atoms with Crippen molar-refractivity contribution in [1.82, 2.24) is 4.98 Å². The van der Waals surface area contributed by atoms with Gasteiger partial charge in [-0.05, 0) is 58.3 Å². The van der Waals surface area contributed by atoms with E-state index in [1.54, 1.807) is 0 Å². The van der Waals surface area contributed by atoms with Gasteiger partial charge in [0, 0.05) is 17.8 Å². The van der Waals surface area contributed by atoms with Gasteiger partial charge in [0.2, 0.25) is 0 Å². The Hall–Kier alpha value is -3.75. The maximum absolute atomic E-state index is 6.94. The van der Waals surface area contributed by atoms with E-state index in [0.29, 0.717) is 0 Å². The second kappa shape index (κ2) is 10.3. The first-order valence-corrected chi connectivity index (χ1v) is 14.1. The lowest BCUT2D eigenvalue weighted by atomic mass is 9.90. The first kappa shape index (κ1) is 23.6. The normalized spacial score (nSPS) is 18.2. The van der Waals surface area contributed by atoms with Crippen LogP contribution < -0.4 is 8.21 Å². The number of hydrogen-bond acceptors (Lipinski definition) is 4. The molecule has 0 saturated carbocycles. The molecule has 180 valence electrons. The van der Waals surface area contributed by atoms with Crippen LogP contribution in [0.25, 0.3) is 22.0 Å². The highest BCUT2D eigenvalue weighted by Crippen LogP contribution is 2.31. The van der Waals surface area contributed by atoms with Crippen molar-refractivity contribution in [3.05, 3.63) is 126 Å². The van der Waals surface area contributed by atoms with Gasteiger partial charge >= 0.3 is 14.8 Å². The molecule has 1 aromatic heterocycles. The number of allylic oxidation sites excluding steroid dienone is 3. The quantitative estimate of drug-likeness (QED) is 0.295. The van der Waals surface area contributed by atoms with Crippen LogP contribution in [0, 0.1) is 6.92 Å². The highest BCUT2D eigenvalue weighted by molar-refractivity contribution is 6.62. The monoisotopic (exact) mass is 498 g/mol. The molecular weight excluding hydrogens is 471 g/mol. The number of aromatic nitrogens is 1. The Morgan fingerprint density at radius 3 is 2.46 bits per heavy atom. The van der Waals surface area contributed by atoms with Crippen molar-refractivity contribution in [2.24, 2.45) is 4.99 Å². The molecule has 37 heavy (non-hydrogen) atoms. The summed E-state index contributed by atoms with van der Waals surface area (Å²) in [6.45, 7) is 4.18. The third-order valence-corrected chi connectivity index (χ3v) is 8.87. The van der Waals surface area contributed by atoms with Crippen molar-refractivity contribution >= 4 is 36.4 Å². The van der Waals surface area contributed by atoms with E-state index in [-0.39, 0.29) is 12.1 Å². The van der Waals surface area contributed by atoms with Gasteiger partial charge in [-0.1, -0.05) is 91.0 Å². The summed E-state index contributed by atoms with van der Waals surface area (Å²) in [6.07, 6.45) is 11.9. The van der Waals surface area contributed by atoms with Crippen LogP contribution in [0.3, 0.4) is 0 Å². The SMILES string of the molecule is CC1=CC=C2C=CC=NC2C1[O][Al]([O]c1c(C)ccc2cccnc12)[c]1ccc(-c2ccccc2)cc1. The number of fused-ring (bicyclic) bond motifs is 2. The van der Waals surface area contributed by atoms with Gasteiger partial charge in [-0.25, -0.2) is 0 Å². The van der Waals surface area contributed by atoms with E-state index in [2.05, 4.69) is 104 Å². The van der Waals surface area contributed by atoms with Crippen LogP contribution in [-0.2, 0) is 3.79 Å². The highest BCUT2D eigenvalue weighted by atomic mass is 27.2. The lowest BCUT2D eigenvalue weighted by Crippen LogP contribution is -2.47. The predicted molar refractivity (Wildman–Crippen MR) is 153 cm³/mol. The molecule has 0 radical (unpaired) electrons. The number of rotatable bonds is 6. The topological polar surface area (TPSA) is 43.7 Å². The van der Waals surface area contributed by atoms with E-state index < -0.39 is 14.8 Å². The van der Waals surface area contributed by atoms with Crippen LogP contribution >= 0.6 is 0 Å². The number of hydrogen-bond donors (Lipinski definition) is 0. The van der Waals surface area contributed by atoms with Gasteiger partial charge in [0.15, 0.2) is 0 Å².